The van der Waals surface area contributed by atoms with Crippen LogP contribution >= 0.6 is 0 Å². The monoisotopic (exact) mass is 131 g/mol. The van der Waals surface area contributed by atoms with Crippen LogP contribution in [0.1, 0.15) is 19.8 Å². The summed E-state index contributed by atoms with van der Waals surface area (Å²) in [6.07, 6.45) is 0.885. The van der Waals surface area contributed by atoms with E-state index in [1.165, 1.54) is 13.1 Å². The van der Waals surface area contributed by atoms with Crippen molar-refractivity contribution in [1.29, 1.82) is 5.41 Å². The van der Waals surface area contributed by atoms with Gasteiger partial charge >= 0.3 is 0 Å². The Morgan fingerprint density at radius 3 is 2.44 bits per heavy atom. The van der Waals surface area contributed by atoms with Gasteiger partial charge in [0.15, 0.2) is 0 Å². The van der Waals surface area contributed by atoms with Crippen LogP contribution in [-0.4, -0.2) is 28.6 Å². The fraction of sp³-hybridized carbons (Fsp3) is 0.833. The zero-order valence-electron chi connectivity index (χ0n) is 5.54. The van der Waals surface area contributed by atoms with E-state index in [-0.39, 0.29) is 0 Å². The molecule has 0 saturated heterocycles. The van der Waals surface area contributed by atoms with Crippen molar-refractivity contribution in [2.45, 2.75) is 32.0 Å². The fourth-order valence-electron chi connectivity index (χ4n) is 0.495. The average molecular weight is 131 g/mol. The predicted molar refractivity (Wildman–Crippen MR) is 35.7 cm³/mol. The molecule has 9 heavy (non-hydrogen) atoms. The lowest BCUT2D eigenvalue weighted by Gasteiger charge is -2.10. The molecule has 0 rings (SSSR count). The Morgan fingerprint density at radius 1 is 1.56 bits per heavy atom. The van der Waals surface area contributed by atoms with Gasteiger partial charge in [0, 0.05) is 0 Å². The van der Waals surface area contributed by atoms with Gasteiger partial charge in [0.1, 0.15) is 0 Å². The first-order chi connectivity index (χ1) is 4.18. The first-order valence-electron chi connectivity index (χ1n) is 3.03. The lowest BCUT2D eigenvalue weighted by atomic mass is 10.1. The molecular formula is C6H13NO2. The maximum atomic E-state index is 8.90. The summed E-state index contributed by atoms with van der Waals surface area (Å²) in [7, 11) is 0. The zero-order valence-corrected chi connectivity index (χ0v) is 5.54. The smallest absolute Gasteiger partial charge is 0.0799 e. The quantitative estimate of drug-likeness (QED) is 0.476. The van der Waals surface area contributed by atoms with Gasteiger partial charge in [0.05, 0.1) is 12.2 Å². The Balaban J connectivity index is 3.26. The number of hydrogen-bond donors (Lipinski definition) is 3. The summed E-state index contributed by atoms with van der Waals surface area (Å²) in [6, 6.07) is 0. The van der Waals surface area contributed by atoms with E-state index in [0.29, 0.717) is 12.8 Å². The van der Waals surface area contributed by atoms with Gasteiger partial charge in [-0.3, -0.25) is 0 Å². The molecule has 0 fully saturated rings. The molecule has 0 aliphatic carbocycles. The summed E-state index contributed by atoms with van der Waals surface area (Å²) in [5, 5.41) is 24.2. The lowest BCUT2D eigenvalue weighted by molar-refractivity contribution is 0.0277. The second-order valence-corrected chi connectivity index (χ2v) is 2.09. The van der Waals surface area contributed by atoms with Crippen LogP contribution in [-0.2, 0) is 0 Å². The van der Waals surface area contributed by atoms with Gasteiger partial charge in [-0.1, -0.05) is 0 Å². The first kappa shape index (κ1) is 8.59. The summed E-state index contributed by atoms with van der Waals surface area (Å²) in [6.45, 7) is 1.54. The van der Waals surface area contributed by atoms with Crippen LogP contribution in [0.5, 0.6) is 0 Å². The minimum absolute atomic E-state index is 0.473. The Bertz CT molecular complexity index is 83.1. The van der Waals surface area contributed by atoms with E-state index in [1.54, 1.807) is 0 Å². The largest absolute Gasteiger partial charge is 0.391 e. The number of rotatable bonds is 4. The molecule has 0 spiro atoms. The molecule has 0 amide bonds. The van der Waals surface area contributed by atoms with Crippen molar-refractivity contribution in [3.8, 4) is 0 Å². The third kappa shape index (κ3) is 4.12. The van der Waals surface area contributed by atoms with E-state index in [2.05, 4.69) is 0 Å². The lowest BCUT2D eigenvalue weighted by Crippen LogP contribution is -2.22. The average Bonchev–Trinajstić information content (AvgIpc) is 1.82. The van der Waals surface area contributed by atoms with Crippen LogP contribution in [0.3, 0.4) is 0 Å². The normalized spacial score (nSPS) is 16.8. The molecular weight excluding hydrogens is 118 g/mol. The minimum Gasteiger partial charge on any atom is -0.391 e. The number of aliphatic hydroxyl groups excluding tert-OH is 2. The zero-order chi connectivity index (χ0) is 7.28. The molecule has 2 unspecified atom stereocenters. The molecule has 0 aliphatic rings. The SMILES string of the molecule is CC(O)C(O)CCC=N. The number of nitrogens with one attached hydrogen (secondary N) is 1. The highest BCUT2D eigenvalue weighted by Gasteiger charge is 2.08. The van der Waals surface area contributed by atoms with Crippen molar-refractivity contribution < 1.29 is 10.2 Å². The van der Waals surface area contributed by atoms with Crippen molar-refractivity contribution in [2.24, 2.45) is 0 Å². The highest BCUT2D eigenvalue weighted by atomic mass is 16.3. The summed E-state index contributed by atoms with van der Waals surface area (Å²) in [5.41, 5.74) is 0. The predicted octanol–water partition coefficient (Wildman–Crippen LogP) is 0.158. The first-order valence-corrected chi connectivity index (χ1v) is 3.03. The minimum atomic E-state index is -0.676. The maximum absolute atomic E-state index is 8.90. The molecule has 0 aromatic rings. The highest BCUT2D eigenvalue weighted by Crippen LogP contribution is 1.99. The van der Waals surface area contributed by atoms with Crippen molar-refractivity contribution in [2.75, 3.05) is 0 Å². The number of hydrogen-bond acceptors (Lipinski definition) is 3. The summed E-state index contributed by atoms with van der Waals surface area (Å²) in [4.78, 5) is 0. The topological polar surface area (TPSA) is 64.3 Å². The van der Waals surface area contributed by atoms with E-state index in [4.69, 9.17) is 15.6 Å². The van der Waals surface area contributed by atoms with Crippen LogP contribution in [0.15, 0.2) is 0 Å². The third-order valence-corrected chi connectivity index (χ3v) is 1.16. The van der Waals surface area contributed by atoms with Crippen LogP contribution in [0.4, 0.5) is 0 Å². The van der Waals surface area contributed by atoms with Gasteiger partial charge in [-0.15, -0.1) is 0 Å². The van der Waals surface area contributed by atoms with Crippen LogP contribution in [0, 0.1) is 5.41 Å². The molecule has 3 N–H and O–H groups in total. The van der Waals surface area contributed by atoms with E-state index in [9.17, 15) is 0 Å². The van der Waals surface area contributed by atoms with Gasteiger partial charge < -0.3 is 15.6 Å². The second-order valence-electron chi connectivity index (χ2n) is 2.09. The fourth-order valence-corrected chi connectivity index (χ4v) is 0.495. The second kappa shape index (κ2) is 4.47. The third-order valence-electron chi connectivity index (χ3n) is 1.16. The molecule has 54 valence electrons. The maximum Gasteiger partial charge on any atom is 0.0799 e. The van der Waals surface area contributed by atoms with Crippen molar-refractivity contribution >= 4 is 6.21 Å². The molecule has 0 bridgehead atoms. The molecule has 0 aliphatic heterocycles. The van der Waals surface area contributed by atoms with Gasteiger partial charge in [-0.05, 0) is 26.0 Å². The van der Waals surface area contributed by atoms with Gasteiger partial charge in [-0.2, -0.15) is 0 Å². The summed E-state index contributed by atoms with van der Waals surface area (Å²) >= 11 is 0. The summed E-state index contributed by atoms with van der Waals surface area (Å²) in [5.74, 6) is 0. The molecule has 0 aromatic heterocycles. The van der Waals surface area contributed by atoms with Crippen molar-refractivity contribution in [1.82, 2.24) is 0 Å². The molecule has 3 nitrogen and oxygen atoms in total. The Labute approximate surface area is 54.8 Å². The Morgan fingerprint density at radius 2 is 2.11 bits per heavy atom. The van der Waals surface area contributed by atoms with E-state index in [1.807, 2.05) is 0 Å². The molecule has 0 heterocycles. The molecule has 0 saturated carbocycles. The van der Waals surface area contributed by atoms with Crippen LogP contribution in [0.2, 0.25) is 0 Å². The standard InChI is InChI=1S/C6H13NO2/c1-5(8)6(9)3-2-4-7/h4-9H,2-3H2,1H3. The van der Waals surface area contributed by atoms with Crippen molar-refractivity contribution in [3.05, 3.63) is 0 Å². The van der Waals surface area contributed by atoms with Crippen LogP contribution in [0.25, 0.3) is 0 Å². The van der Waals surface area contributed by atoms with E-state index >= 15 is 0 Å². The molecule has 2 atom stereocenters. The van der Waals surface area contributed by atoms with Crippen LogP contribution < -0.4 is 0 Å². The van der Waals surface area contributed by atoms with Gasteiger partial charge in [-0.25, -0.2) is 0 Å². The Kier molecular flexibility index (Phi) is 4.26. The molecule has 0 radical (unpaired) electrons. The number of aliphatic hydroxyl groups is 2. The van der Waals surface area contributed by atoms with Gasteiger partial charge in [0.2, 0.25) is 0 Å². The molecule has 3 heteroatoms. The van der Waals surface area contributed by atoms with Gasteiger partial charge in [0.25, 0.3) is 0 Å². The van der Waals surface area contributed by atoms with Crippen molar-refractivity contribution in [3.63, 3.8) is 0 Å². The van der Waals surface area contributed by atoms with E-state index < -0.39 is 12.2 Å². The molecule has 0 aromatic carbocycles. The highest BCUT2D eigenvalue weighted by molar-refractivity contribution is 5.52. The summed E-state index contributed by atoms with van der Waals surface area (Å²) < 4.78 is 0. The van der Waals surface area contributed by atoms with E-state index in [0.717, 1.165) is 0 Å². The Hall–Kier alpha value is -0.410.